The first-order chi connectivity index (χ1) is 5.00. The van der Waals surface area contributed by atoms with Crippen molar-refractivity contribution in [2.45, 2.75) is 0 Å². The van der Waals surface area contributed by atoms with Gasteiger partial charge in [-0.25, -0.2) is 24.3 Å². The van der Waals surface area contributed by atoms with Crippen molar-refractivity contribution >= 4 is 10.1 Å². The average Bonchev–Trinajstić information content (AvgIpc) is 2.67. The average molecular weight is 139 g/mol. The first-order valence-corrected chi connectivity index (χ1v) is 3.33. The third-order valence-corrected chi connectivity index (χ3v) is 1.11. The Morgan fingerprint density at radius 2 is 0.818 bits per heavy atom. The minimum atomic E-state index is 0. The normalized spacial score (nSPS) is 7.27. The predicted octanol–water partition coefficient (Wildman–Crippen LogP) is 2.43. The number of hydrogen-bond acceptors (Lipinski definition) is 0. The molecule has 0 fully saturated rings. The van der Waals surface area contributed by atoms with E-state index in [1.807, 2.05) is 60.7 Å². The van der Waals surface area contributed by atoms with Crippen LogP contribution >= 0.6 is 0 Å². The molecule has 0 aliphatic heterocycles. The van der Waals surface area contributed by atoms with E-state index in [0.717, 1.165) is 0 Å². The summed E-state index contributed by atoms with van der Waals surface area (Å²) in [6, 6.07) is 20.0. The van der Waals surface area contributed by atoms with Crippen LogP contribution in [-0.2, 0) is 0 Å². The van der Waals surface area contributed by atoms with Crippen LogP contribution in [0.1, 0.15) is 0 Å². The van der Waals surface area contributed by atoms with Gasteiger partial charge < -0.3 is 0 Å². The van der Waals surface area contributed by atoms with Gasteiger partial charge in [0.1, 0.15) is 0 Å². The second-order valence-corrected chi connectivity index (χ2v) is 1.92. The second-order valence-electron chi connectivity index (χ2n) is 1.92. The van der Waals surface area contributed by atoms with Crippen LogP contribution in [0.4, 0.5) is 0 Å². The molecule has 2 aromatic carbocycles. The first-order valence-electron chi connectivity index (χ1n) is 3.33. The maximum Gasteiger partial charge on any atom is 2.00 e. The third kappa shape index (κ3) is 5.32. The van der Waals surface area contributed by atoms with Crippen LogP contribution in [0.25, 0.3) is 0 Å². The van der Waals surface area contributed by atoms with E-state index in [2.05, 4.69) is 0 Å². The Morgan fingerprint density at radius 1 is 0.545 bits per heavy atom. The molecule has 11 heavy (non-hydrogen) atoms. The molecule has 0 N–H and O–H groups in total. The van der Waals surface area contributed by atoms with E-state index < -0.39 is 0 Å². The van der Waals surface area contributed by atoms with Crippen molar-refractivity contribution in [3.63, 3.8) is 0 Å². The Balaban J connectivity index is 0.000000167. The molecule has 0 heterocycles. The minimum absolute atomic E-state index is 0. The SMILES string of the molecule is [Be+2].c1cc[cH-]c1.c1cc[cH-]c1. The Labute approximate surface area is 71.4 Å². The standard InChI is InChI=1S/2C5H5.Be/c2*1-2-4-5-3-1;/h2*1-5H;/q2*-1;+2. The van der Waals surface area contributed by atoms with E-state index in [-0.39, 0.29) is 10.1 Å². The molecule has 0 amide bonds. The van der Waals surface area contributed by atoms with Crippen LogP contribution in [0.3, 0.4) is 0 Å². The molecule has 0 spiro atoms. The van der Waals surface area contributed by atoms with Gasteiger partial charge in [0.05, 0.1) is 0 Å². The molecule has 0 saturated carbocycles. The van der Waals surface area contributed by atoms with E-state index in [1.54, 1.807) is 0 Å². The summed E-state index contributed by atoms with van der Waals surface area (Å²) < 4.78 is 0. The Hall–Kier alpha value is -1.13. The largest absolute Gasteiger partial charge is 2.00 e. The zero-order chi connectivity index (χ0) is 7.07. The summed E-state index contributed by atoms with van der Waals surface area (Å²) in [6.45, 7) is 0. The van der Waals surface area contributed by atoms with Gasteiger partial charge >= 0.3 is 10.1 Å². The summed E-state index contributed by atoms with van der Waals surface area (Å²) in [7, 11) is 0. The monoisotopic (exact) mass is 139 g/mol. The zero-order valence-electron chi connectivity index (χ0n) is 6.48. The number of rotatable bonds is 0. The van der Waals surface area contributed by atoms with E-state index >= 15 is 0 Å². The first kappa shape index (κ1) is 9.87. The van der Waals surface area contributed by atoms with Crippen LogP contribution in [0, 0.1) is 0 Å². The van der Waals surface area contributed by atoms with Gasteiger partial charge in [-0.2, -0.15) is 36.4 Å². The molecule has 0 aromatic heterocycles. The van der Waals surface area contributed by atoms with Gasteiger partial charge in [0.25, 0.3) is 0 Å². The predicted molar refractivity (Wildman–Crippen MR) is 49.8 cm³/mol. The van der Waals surface area contributed by atoms with Crippen molar-refractivity contribution < 1.29 is 0 Å². The third-order valence-electron chi connectivity index (χ3n) is 1.11. The molecule has 0 unspecified atom stereocenters. The molecule has 1 heteroatoms. The topological polar surface area (TPSA) is 0 Å². The molecule has 0 radical (unpaired) electrons. The zero-order valence-corrected chi connectivity index (χ0v) is 6.48. The summed E-state index contributed by atoms with van der Waals surface area (Å²) >= 11 is 0. The fourth-order valence-corrected chi connectivity index (χ4v) is 0.642. The van der Waals surface area contributed by atoms with Gasteiger partial charge in [0.15, 0.2) is 0 Å². The van der Waals surface area contributed by atoms with E-state index in [1.165, 1.54) is 0 Å². The van der Waals surface area contributed by atoms with Crippen molar-refractivity contribution in [2.24, 2.45) is 0 Å². The van der Waals surface area contributed by atoms with Gasteiger partial charge in [-0.05, 0) is 0 Å². The van der Waals surface area contributed by atoms with Crippen molar-refractivity contribution in [3.05, 3.63) is 60.7 Å². The van der Waals surface area contributed by atoms with Gasteiger partial charge in [0.2, 0.25) is 0 Å². The molecule has 2 rings (SSSR count). The molecule has 0 aliphatic carbocycles. The van der Waals surface area contributed by atoms with Crippen LogP contribution in [0.5, 0.6) is 0 Å². The summed E-state index contributed by atoms with van der Waals surface area (Å²) in [5.74, 6) is 0. The van der Waals surface area contributed by atoms with Gasteiger partial charge in [-0.15, -0.1) is 0 Å². The molecular weight excluding hydrogens is 129 g/mol. The quantitative estimate of drug-likeness (QED) is 0.388. The summed E-state index contributed by atoms with van der Waals surface area (Å²) in [6.07, 6.45) is 0. The van der Waals surface area contributed by atoms with Crippen LogP contribution in [0.15, 0.2) is 60.7 Å². The van der Waals surface area contributed by atoms with Crippen molar-refractivity contribution in [2.75, 3.05) is 0 Å². The molecule has 0 aliphatic rings. The Bertz CT molecular complexity index is 144. The maximum atomic E-state index is 2.00. The Kier molecular flexibility index (Phi) is 6.26. The van der Waals surface area contributed by atoms with Crippen LogP contribution < -0.4 is 0 Å². The van der Waals surface area contributed by atoms with E-state index in [4.69, 9.17) is 0 Å². The van der Waals surface area contributed by atoms with Crippen LogP contribution in [-0.4, -0.2) is 10.1 Å². The fourth-order valence-electron chi connectivity index (χ4n) is 0.642. The molecule has 0 atom stereocenters. The van der Waals surface area contributed by atoms with Crippen molar-refractivity contribution in [1.29, 1.82) is 0 Å². The molecule has 52 valence electrons. The molecular formula is C10H10Be. The molecule has 2 aromatic rings. The number of hydrogen-bond donors (Lipinski definition) is 0. The van der Waals surface area contributed by atoms with E-state index in [0.29, 0.717) is 0 Å². The minimum Gasteiger partial charge on any atom is -0.214 e. The van der Waals surface area contributed by atoms with Crippen LogP contribution in [0.2, 0.25) is 0 Å². The van der Waals surface area contributed by atoms with Gasteiger partial charge in [-0.1, -0.05) is 0 Å². The summed E-state index contributed by atoms with van der Waals surface area (Å²) in [4.78, 5) is 0. The van der Waals surface area contributed by atoms with Crippen molar-refractivity contribution in [1.82, 2.24) is 0 Å². The smallest absolute Gasteiger partial charge is 0.214 e. The van der Waals surface area contributed by atoms with E-state index in [9.17, 15) is 0 Å². The summed E-state index contributed by atoms with van der Waals surface area (Å²) in [5.41, 5.74) is 0. The van der Waals surface area contributed by atoms with Crippen molar-refractivity contribution in [3.8, 4) is 0 Å². The molecule has 0 bridgehead atoms. The second kappa shape index (κ2) is 6.98. The van der Waals surface area contributed by atoms with Gasteiger partial charge in [-0.3, -0.25) is 0 Å². The molecule has 0 nitrogen and oxygen atoms in total. The summed E-state index contributed by atoms with van der Waals surface area (Å²) in [5, 5.41) is 0. The molecule has 0 saturated heterocycles. The maximum absolute atomic E-state index is 2.00. The Morgan fingerprint density at radius 3 is 0.909 bits per heavy atom. The fraction of sp³-hybridized carbons (Fsp3) is 0. The van der Waals surface area contributed by atoms with Gasteiger partial charge in [0, 0.05) is 0 Å².